The van der Waals surface area contributed by atoms with Crippen molar-refractivity contribution in [2.75, 3.05) is 6.61 Å². The number of hydrogen-bond acceptors (Lipinski definition) is 5. The first kappa shape index (κ1) is 17.9. The highest BCUT2D eigenvalue weighted by atomic mass is 16.5. The van der Waals surface area contributed by atoms with Crippen LogP contribution in [0.2, 0.25) is 0 Å². The Labute approximate surface area is 162 Å². The first-order valence-electron chi connectivity index (χ1n) is 9.12. The van der Waals surface area contributed by atoms with Crippen LogP contribution in [0, 0.1) is 13.5 Å². The molecule has 1 aromatic carbocycles. The third kappa shape index (κ3) is 2.76. The summed E-state index contributed by atoms with van der Waals surface area (Å²) in [4.78, 5) is 25.3. The third-order valence-electron chi connectivity index (χ3n) is 4.95. The average molecular weight is 373 g/mol. The van der Waals surface area contributed by atoms with E-state index in [0.717, 1.165) is 16.8 Å². The van der Waals surface area contributed by atoms with Crippen molar-refractivity contribution in [3.63, 3.8) is 0 Å². The van der Waals surface area contributed by atoms with Gasteiger partial charge in [-0.15, -0.1) is 0 Å². The Hall–Kier alpha value is -3.46. The van der Waals surface area contributed by atoms with Gasteiger partial charge in [0.15, 0.2) is 5.43 Å². The Morgan fingerprint density at radius 1 is 1.29 bits per heavy atom. The quantitative estimate of drug-likeness (QED) is 0.637. The second-order valence-corrected chi connectivity index (χ2v) is 6.73. The molecule has 0 aliphatic carbocycles. The number of para-hydroxylation sites is 1. The van der Waals surface area contributed by atoms with Gasteiger partial charge in [0.1, 0.15) is 17.3 Å². The van der Waals surface area contributed by atoms with Crippen LogP contribution in [0.4, 0.5) is 5.69 Å². The normalized spacial score (nSPS) is 18.3. The molecule has 0 fully saturated rings. The molecule has 3 heterocycles. The van der Waals surface area contributed by atoms with Gasteiger partial charge < -0.3 is 14.0 Å². The number of aliphatic imine (C=N–C) groups is 1. The summed E-state index contributed by atoms with van der Waals surface area (Å²) in [6.07, 6.45) is 1.66. The zero-order chi connectivity index (χ0) is 19.8. The molecule has 2 atom stereocenters. The lowest BCUT2D eigenvalue weighted by Gasteiger charge is -2.26. The van der Waals surface area contributed by atoms with E-state index >= 15 is 0 Å². The second kappa shape index (κ2) is 6.93. The average Bonchev–Trinajstić information content (AvgIpc) is 2.67. The molecule has 6 nitrogen and oxygen atoms in total. The van der Waals surface area contributed by atoms with Crippen molar-refractivity contribution in [3.05, 3.63) is 75.1 Å². The van der Waals surface area contributed by atoms with Gasteiger partial charge in [0.05, 0.1) is 29.0 Å². The largest absolute Gasteiger partial charge is 0.478 e. The fraction of sp³-hybridized carbons (Fsp3) is 0.273. The molecule has 2 unspecified atom stereocenters. The molecule has 3 aromatic rings. The summed E-state index contributed by atoms with van der Waals surface area (Å²) in [5.41, 5.74) is 3.37. The van der Waals surface area contributed by atoms with Crippen molar-refractivity contribution in [1.29, 1.82) is 0 Å². The van der Waals surface area contributed by atoms with Crippen LogP contribution in [-0.2, 0) is 0 Å². The lowest BCUT2D eigenvalue weighted by atomic mass is 9.80. The standard InChI is InChI=1S/C22H19N3O3/c1-5-27-22-19-16(9-10-24-22)25-13(3)20(23-4)18(19)15-8-6-7-14-17(26)11-12(2)28-21(14)15/h6-11,18,20H,5H2,1-3H3. The van der Waals surface area contributed by atoms with Crippen LogP contribution in [0.1, 0.15) is 36.7 Å². The molecule has 0 N–H and O–H groups in total. The Kier molecular flexibility index (Phi) is 4.44. The monoisotopic (exact) mass is 373 g/mol. The van der Waals surface area contributed by atoms with Gasteiger partial charge in [0.2, 0.25) is 5.88 Å². The minimum absolute atomic E-state index is 0.0994. The van der Waals surface area contributed by atoms with Gasteiger partial charge in [-0.3, -0.25) is 4.79 Å². The predicted molar refractivity (Wildman–Crippen MR) is 108 cm³/mol. The van der Waals surface area contributed by atoms with Gasteiger partial charge >= 0.3 is 0 Å². The van der Waals surface area contributed by atoms with E-state index in [1.54, 1.807) is 19.2 Å². The van der Waals surface area contributed by atoms with Crippen molar-refractivity contribution in [2.24, 2.45) is 4.99 Å². The van der Waals surface area contributed by atoms with Crippen LogP contribution in [0.15, 0.2) is 50.7 Å². The number of aromatic nitrogens is 1. The second-order valence-electron chi connectivity index (χ2n) is 6.73. The fourth-order valence-electron chi connectivity index (χ4n) is 3.80. The van der Waals surface area contributed by atoms with Crippen molar-refractivity contribution < 1.29 is 9.15 Å². The smallest absolute Gasteiger partial charge is 0.272 e. The molecule has 4 rings (SSSR count). The molecule has 1 aliphatic heterocycles. The minimum atomic E-state index is -0.535. The summed E-state index contributed by atoms with van der Waals surface area (Å²) in [5.74, 6) is 0.595. The summed E-state index contributed by atoms with van der Waals surface area (Å²) in [6, 6.07) is 8.23. The molecule has 0 radical (unpaired) electrons. The molecule has 2 aromatic heterocycles. The van der Waals surface area contributed by atoms with Gasteiger partial charge in [-0.1, -0.05) is 12.1 Å². The Balaban J connectivity index is 2.08. The van der Waals surface area contributed by atoms with E-state index in [1.807, 2.05) is 32.0 Å². The van der Waals surface area contributed by atoms with Crippen LogP contribution < -0.4 is 10.2 Å². The third-order valence-corrected chi connectivity index (χ3v) is 4.95. The van der Waals surface area contributed by atoms with E-state index in [-0.39, 0.29) is 5.43 Å². The van der Waals surface area contributed by atoms with E-state index in [9.17, 15) is 4.79 Å². The first-order valence-corrected chi connectivity index (χ1v) is 9.12. The molecular weight excluding hydrogens is 354 g/mol. The van der Waals surface area contributed by atoms with E-state index in [1.165, 1.54) is 6.07 Å². The summed E-state index contributed by atoms with van der Waals surface area (Å²) in [5, 5.41) is 0.496. The summed E-state index contributed by atoms with van der Waals surface area (Å²) < 4.78 is 11.7. The number of fused-ring (bicyclic) bond motifs is 2. The molecule has 6 heteroatoms. The predicted octanol–water partition coefficient (Wildman–Crippen LogP) is 4.42. The van der Waals surface area contributed by atoms with Gasteiger partial charge in [0.25, 0.3) is 6.04 Å². The number of rotatable bonds is 3. The molecule has 0 spiro atoms. The number of benzene rings is 1. The zero-order valence-corrected chi connectivity index (χ0v) is 15.9. The van der Waals surface area contributed by atoms with Gasteiger partial charge in [-0.05, 0) is 32.9 Å². The first-order chi connectivity index (χ1) is 13.5. The molecule has 1 aliphatic rings. The maximum atomic E-state index is 12.5. The highest BCUT2D eigenvalue weighted by molar-refractivity contribution is 5.96. The highest BCUT2D eigenvalue weighted by Crippen LogP contribution is 2.45. The van der Waals surface area contributed by atoms with Crippen LogP contribution in [0.3, 0.4) is 0 Å². The lowest BCUT2D eigenvalue weighted by Crippen LogP contribution is -2.28. The summed E-state index contributed by atoms with van der Waals surface area (Å²) in [7, 11) is 0. The topological polar surface area (TPSA) is 69.1 Å². The molecule has 0 bridgehead atoms. The number of pyridine rings is 1. The van der Waals surface area contributed by atoms with Crippen molar-refractivity contribution >= 4 is 22.4 Å². The highest BCUT2D eigenvalue weighted by Gasteiger charge is 2.41. The maximum Gasteiger partial charge on any atom is 0.272 e. The Bertz CT molecular complexity index is 1200. The minimum Gasteiger partial charge on any atom is -0.478 e. The Morgan fingerprint density at radius 2 is 2.11 bits per heavy atom. The molecule has 0 amide bonds. The molecule has 0 saturated carbocycles. The van der Waals surface area contributed by atoms with E-state index in [4.69, 9.17) is 15.7 Å². The number of ether oxygens (including phenoxy) is 1. The number of aryl methyl sites for hydroxylation is 1. The zero-order valence-electron chi connectivity index (χ0n) is 15.9. The lowest BCUT2D eigenvalue weighted by molar-refractivity contribution is 0.321. The molecule has 28 heavy (non-hydrogen) atoms. The van der Waals surface area contributed by atoms with Gasteiger partial charge in [0, 0.05) is 17.8 Å². The number of hydrogen-bond donors (Lipinski definition) is 0. The van der Waals surface area contributed by atoms with Crippen molar-refractivity contribution in [1.82, 2.24) is 4.98 Å². The van der Waals surface area contributed by atoms with Crippen LogP contribution in [0.25, 0.3) is 15.8 Å². The fourth-order valence-corrected chi connectivity index (χ4v) is 3.80. The van der Waals surface area contributed by atoms with Gasteiger partial charge in [-0.2, -0.15) is 0 Å². The van der Waals surface area contributed by atoms with Gasteiger partial charge in [-0.25, -0.2) is 16.5 Å². The summed E-state index contributed by atoms with van der Waals surface area (Å²) in [6.45, 7) is 13.7. The molecule has 0 saturated heterocycles. The Morgan fingerprint density at radius 3 is 2.86 bits per heavy atom. The maximum absolute atomic E-state index is 12.5. The molecule has 140 valence electrons. The van der Waals surface area contributed by atoms with Crippen LogP contribution >= 0.6 is 0 Å². The van der Waals surface area contributed by atoms with Crippen molar-refractivity contribution in [3.8, 4) is 5.88 Å². The van der Waals surface area contributed by atoms with Crippen LogP contribution in [-0.4, -0.2) is 23.3 Å². The van der Waals surface area contributed by atoms with E-state index < -0.39 is 12.0 Å². The van der Waals surface area contributed by atoms with E-state index in [2.05, 4.69) is 14.8 Å². The SMILES string of the molecule is [C-]#[N+]C1C(C)=Nc2ccnc(OCC)c2C1c1cccc2c(=O)cc(C)oc12. The van der Waals surface area contributed by atoms with E-state index in [0.29, 0.717) is 34.9 Å². The summed E-state index contributed by atoms with van der Waals surface area (Å²) >= 11 is 0. The van der Waals surface area contributed by atoms with Crippen LogP contribution in [0.5, 0.6) is 5.88 Å². The molecular formula is C22H19N3O3. The number of nitrogens with zero attached hydrogens (tertiary/aromatic N) is 3. The van der Waals surface area contributed by atoms with Crippen molar-refractivity contribution in [2.45, 2.75) is 32.7 Å².